The molecule has 0 saturated carbocycles. The molecule has 2 amide bonds. The van der Waals surface area contributed by atoms with Gasteiger partial charge in [-0.25, -0.2) is 4.98 Å². The number of nitrogens with one attached hydrogen (secondary N) is 1. The smallest absolute Gasteiger partial charge is 0.223 e. The Kier molecular flexibility index (Phi) is 6.79. The van der Waals surface area contributed by atoms with E-state index in [1.807, 2.05) is 21.9 Å². The molecule has 0 aliphatic carbocycles. The van der Waals surface area contributed by atoms with Gasteiger partial charge in [-0.3, -0.25) is 14.5 Å². The van der Waals surface area contributed by atoms with Gasteiger partial charge in [-0.05, 0) is 31.0 Å². The number of nitrogens with zero attached hydrogens (tertiary/aromatic N) is 4. The van der Waals surface area contributed by atoms with Gasteiger partial charge in [0.05, 0.1) is 17.1 Å². The predicted molar refractivity (Wildman–Crippen MR) is 119 cm³/mol. The first-order valence-electron chi connectivity index (χ1n) is 11.0. The first-order chi connectivity index (χ1) is 14.9. The number of aliphatic hydroxyl groups is 1. The van der Waals surface area contributed by atoms with Gasteiger partial charge < -0.3 is 19.9 Å². The molecule has 2 saturated heterocycles. The molecule has 9 heteroatoms. The Morgan fingerprint density at radius 3 is 2.61 bits per heavy atom. The normalized spacial score (nSPS) is 23.2. The fraction of sp³-hybridized carbons (Fsp3) is 0.591. The summed E-state index contributed by atoms with van der Waals surface area (Å²) in [5, 5.41) is 11.4. The number of carbonyl (C=O) groups excluding carboxylic acids is 2. The number of aromatic amines is 1. The van der Waals surface area contributed by atoms with Gasteiger partial charge in [0.15, 0.2) is 0 Å². The van der Waals surface area contributed by atoms with Crippen LogP contribution in [0.5, 0.6) is 0 Å². The van der Waals surface area contributed by atoms with Crippen LogP contribution in [0.3, 0.4) is 0 Å². The lowest BCUT2D eigenvalue weighted by atomic mass is 10.0. The Hall–Kier alpha value is -2.16. The molecule has 2 aromatic rings. The van der Waals surface area contributed by atoms with Crippen LogP contribution in [0.25, 0.3) is 11.0 Å². The van der Waals surface area contributed by atoms with E-state index in [4.69, 9.17) is 11.6 Å². The monoisotopic (exact) mass is 447 g/mol. The van der Waals surface area contributed by atoms with E-state index in [1.165, 1.54) is 0 Å². The van der Waals surface area contributed by atoms with Crippen LogP contribution in [0, 0.1) is 0 Å². The number of imidazole rings is 1. The number of aliphatic hydroxyl groups excluding tert-OH is 1. The quantitative estimate of drug-likeness (QED) is 0.743. The van der Waals surface area contributed by atoms with Crippen molar-refractivity contribution < 1.29 is 14.7 Å². The van der Waals surface area contributed by atoms with Gasteiger partial charge in [-0.1, -0.05) is 11.6 Å². The maximum absolute atomic E-state index is 12.8. The molecular formula is C22H30ClN5O3. The van der Waals surface area contributed by atoms with E-state index in [0.717, 1.165) is 36.4 Å². The number of aromatic nitrogens is 2. The molecule has 3 heterocycles. The van der Waals surface area contributed by atoms with Crippen molar-refractivity contribution >= 4 is 34.4 Å². The molecule has 2 N–H and O–H groups in total. The number of likely N-dealkylation sites (tertiary alicyclic amines) is 1. The van der Waals surface area contributed by atoms with Crippen molar-refractivity contribution in [3.8, 4) is 0 Å². The van der Waals surface area contributed by atoms with Crippen LogP contribution in [0.2, 0.25) is 5.02 Å². The predicted octanol–water partition coefficient (Wildman–Crippen LogP) is 1.66. The van der Waals surface area contributed by atoms with Crippen LogP contribution in [-0.2, 0) is 16.0 Å². The van der Waals surface area contributed by atoms with Gasteiger partial charge >= 0.3 is 0 Å². The van der Waals surface area contributed by atoms with E-state index in [2.05, 4.69) is 14.9 Å². The molecule has 168 valence electrons. The van der Waals surface area contributed by atoms with Crippen molar-refractivity contribution in [1.29, 1.82) is 0 Å². The van der Waals surface area contributed by atoms with Crippen LogP contribution >= 0.6 is 11.6 Å². The fourth-order valence-corrected chi connectivity index (χ4v) is 4.83. The lowest BCUT2D eigenvalue weighted by molar-refractivity contribution is -0.132. The van der Waals surface area contributed by atoms with Crippen LogP contribution in [0.15, 0.2) is 18.2 Å². The molecule has 0 spiro atoms. The third-order valence-corrected chi connectivity index (χ3v) is 6.72. The van der Waals surface area contributed by atoms with E-state index in [9.17, 15) is 14.7 Å². The number of benzene rings is 1. The highest BCUT2D eigenvalue weighted by atomic mass is 35.5. The molecule has 1 aromatic carbocycles. The van der Waals surface area contributed by atoms with Gasteiger partial charge in [0.1, 0.15) is 5.82 Å². The Morgan fingerprint density at radius 2 is 1.87 bits per heavy atom. The SMILES string of the molecule is CC(=O)N1CCN([C@H]2CCN(C(=O)CCc3nc4ccc(Cl)cc4[nH]3)CC[C@@H]2O)CC1. The molecular weight excluding hydrogens is 418 g/mol. The van der Waals surface area contributed by atoms with Crippen molar-refractivity contribution in [2.45, 2.75) is 44.8 Å². The zero-order chi connectivity index (χ0) is 22.0. The zero-order valence-electron chi connectivity index (χ0n) is 17.9. The number of carbonyl (C=O) groups is 2. The minimum Gasteiger partial charge on any atom is -0.391 e. The van der Waals surface area contributed by atoms with E-state index in [-0.39, 0.29) is 17.9 Å². The van der Waals surface area contributed by atoms with E-state index in [0.29, 0.717) is 50.5 Å². The summed E-state index contributed by atoms with van der Waals surface area (Å²) in [5.41, 5.74) is 1.72. The molecule has 2 fully saturated rings. The molecule has 0 unspecified atom stereocenters. The molecule has 0 bridgehead atoms. The van der Waals surface area contributed by atoms with Gasteiger partial charge in [0.25, 0.3) is 0 Å². The van der Waals surface area contributed by atoms with E-state index < -0.39 is 6.10 Å². The number of amides is 2. The summed E-state index contributed by atoms with van der Waals surface area (Å²) in [5.74, 6) is 0.972. The number of rotatable bonds is 4. The average Bonchev–Trinajstić information content (AvgIpc) is 3.05. The third kappa shape index (κ3) is 5.19. The summed E-state index contributed by atoms with van der Waals surface area (Å²) >= 11 is 6.02. The molecule has 1 aromatic heterocycles. The van der Waals surface area contributed by atoms with Crippen molar-refractivity contribution in [2.75, 3.05) is 39.3 Å². The van der Waals surface area contributed by atoms with Crippen molar-refractivity contribution in [3.63, 3.8) is 0 Å². The average molecular weight is 448 g/mol. The van der Waals surface area contributed by atoms with Crippen molar-refractivity contribution in [1.82, 2.24) is 24.7 Å². The first kappa shape index (κ1) is 22.0. The topological polar surface area (TPSA) is 92.8 Å². The fourth-order valence-electron chi connectivity index (χ4n) is 4.65. The maximum Gasteiger partial charge on any atom is 0.223 e. The number of hydrogen-bond donors (Lipinski definition) is 2. The van der Waals surface area contributed by atoms with Gasteiger partial charge in [-0.2, -0.15) is 0 Å². The number of hydrogen-bond acceptors (Lipinski definition) is 5. The summed E-state index contributed by atoms with van der Waals surface area (Å²) in [6, 6.07) is 5.54. The molecule has 31 heavy (non-hydrogen) atoms. The van der Waals surface area contributed by atoms with Crippen molar-refractivity contribution in [3.05, 3.63) is 29.0 Å². The lowest BCUT2D eigenvalue weighted by Crippen LogP contribution is -2.54. The van der Waals surface area contributed by atoms with Crippen LogP contribution < -0.4 is 0 Å². The van der Waals surface area contributed by atoms with Crippen molar-refractivity contribution in [2.24, 2.45) is 0 Å². The van der Waals surface area contributed by atoms with E-state index in [1.54, 1.807) is 13.0 Å². The lowest BCUT2D eigenvalue weighted by Gasteiger charge is -2.40. The molecule has 8 nitrogen and oxygen atoms in total. The summed E-state index contributed by atoms with van der Waals surface area (Å²) in [6.45, 7) is 5.74. The van der Waals surface area contributed by atoms with Crippen LogP contribution in [-0.4, -0.2) is 93.0 Å². The third-order valence-electron chi connectivity index (χ3n) is 6.48. The zero-order valence-corrected chi connectivity index (χ0v) is 18.6. The Morgan fingerprint density at radius 1 is 1.13 bits per heavy atom. The number of halogens is 1. The standard InChI is InChI=1S/C22H30ClN5O3/c1-15(29)26-10-12-27(13-11-26)19-6-8-28(9-7-20(19)30)22(31)5-4-21-24-17-3-2-16(23)14-18(17)25-21/h2-3,14,19-20,30H,4-13H2,1H3,(H,24,25)/t19-,20-/m0/s1. The number of fused-ring (bicyclic) bond motifs is 1. The Labute approximate surface area is 187 Å². The van der Waals surface area contributed by atoms with Crippen LogP contribution in [0.1, 0.15) is 32.0 Å². The summed E-state index contributed by atoms with van der Waals surface area (Å²) in [4.78, 5) is 38.1. The van der Waals surface area contributed by atoms with Gasteiger partial charge in [0, 0.05) is 70.1 Å². The highest BCUT2D eigenvalue weighted by Gasteiger charge is 2.33. The number of piperazine rings is 1. The summed E-state index contributed by atoms with van der Waals surface area (Å²) in [7, 11) is 0. The highest BCUT2D eigenvalue weighted by molar-refractivity contribution is 6.31. The molecule has 4 rings (SSSR count). The minimum atomic E-state index is -0.457. The molecule has 2 atom stereocenters. The highest BCUT2D eigenvalue weighted by Crippen LogP contribution is 2.21. The molecule has 0 radical (unpaired) electrons. The van der Waals surface area contributed by atoms with Crippen LogP contribution in [0.4, 0.5) is 0 Å². The molecule has 2 aliphatic rings. The summed E-state index contributed by atoms with van der Waals surface area (Å²) in [6.07, 6.45) is 1.79. The Bertz CT molecular complexity index is 940. The second-order valence-electron chi connectivity index (χ2n) is 8.48. The van der Waals surface area contributed by atoms with Gasteiger partial charge in [0.2, 0.25) is 11.8 Å². The second kappa shape index (κ2) is 9.54. The molecule has 2 aliphatic heterocycles. The number of aryl methyl sites for hydroxylation is 1. The number of H-pyrrole nitrogens is 1. The van der Waals surface area contributed by atoms with E-state index >= 15 is 0 Å². The second-order valence-corrected chi connectivity index (χ2v) is 8.92. The largest absolute Gasteiger partial charge is 0.391 e. The first-order valence-corrected chi connectivity index (χ1v) is 11.4. The van der Waals surface area contributed by atoms with Gasteiger partial charge in [-0.15, -0.1) is 0 Å². The minimum absolute atomic E-state index is 0.0343. The Balaban J connectivity index is 1.30. The summed E-state index contributed by atoms with van der Waals surface area (Å²) < 4.78 is 0. The maximum atomic E-state index is 12.8.